The number of aryl methyl sites for hydroxylation is 1. The molecule has 0 saturated heterocycles. The Morgan fingerprint density at radius 2 is 2.22 bits per heavy atom. The van der Waals surface area contributed by atoms with Crippen molar-refractivity contribution in [3.8, 4) is 6.07 Å². The largest absolute Gasteiger partial charge is 0.330 e. The maximum Gasteiger partial charge on any atom is 0.228 e. The molecule has 3 rings (SSSR count). The van der Waals surface area contributed by atoms with E-state index >= 15 is 0 Å². The smallest absolute Gasteiger partial charge is 0.228 e. The molecule has 1 fully saturated rings. The van der Waals surface area contributed by atoms with E-state index < -0.39 is 0 Å². The van der Waals surface area contributed by atoms with Gasteiger partial charge in [0.2, 0.25) is 5.91 Å². The van der Waals surface area contributed by atoms with Crippen LogP contribution in [0.15, 0.2) is 12.3 Å². The van der Waals surface area contributed by atoms with E-state index in [1.54, 1.807) is 6.07 Å². The van der Waals surface area contributed by atoms with Crippen LogP contribution in [0.2, 0.25) is 0 Å². The molecule has 3 N–H and O–H groups in total. The number of nitrogens with two attached hydrogens (primary N) is 1. The second-order valence-corrected chi connectivity index (χ2v) is 6.13. The van der Waals surface area contributed by atoms with Crippen LogP contribution in [0.5, 0.6) is 0 Å². The van der Waals surface area contributed by atoms with E-state index in [4.69, 9.17) is 11.0 Å². The predicted molar refractivity (Wildman–Crippen MR) is 85.6 cm³/mol. The number of aromatic nitrogens is 3. The zero-order chi connectivity index (χ0) is 16.4. The van der Waals surface area contributed by atoms with Crippen LogP contribution in [-0.2, 0) is 4.79 Å². The Bertz CT molecular complexity index is 767. The maximum absolute atomic E-state index is 12.5. The first-order valence-corrected chi connectivity index (χ1v) is 7.88. The second-order valence-electron chi connectivity index (χ2n) is 6.13. The molecule has 1 amide bonds. The van der Waals surface area contributed by atoms with Gasteiger partial charge in [-0.15, -0.1) is 0 Å². The number of carbonyl (C=O) groups excluding carboxylic acids is 1. The quantitative estimate of drug-likeness (QED) is 0.895. The summed E-state index contributed by atoms with van der Waals surface area (Å²) in [5, 5.41) is 16.2. The average molecular weight is 312 g/mol. The topological polar surface area (TPSA) is 109 Å². The number of hydrogen-bond donors (Lipinski definition) is 2. The Morgan fingerprint density at radius 1 is 1.48 bits per heavy atom. The summed E-state index contributed by atoms with van der Waals surface area (Å²) in [5.41, 5.74) is 7.29. The van der Waals surface area contributed by atoms with E-state index in [2.05, 4.69) is 21.5 Å². The Morgan fingerprint density at radius 3 is 2.87 bits per heavy atom. The lowest BCUT2D eigenvalue weighted by atomic mass is 9.81. The molecule has 7 heteroatoms. The number of rotatable bonds is 3. The first kappa shape index (κ1) is 15.4. The van der Waals surface area contributed by atoms with Crippen LogP contribution in [0.3, 0.4) is 0 Å². The first-order valence-electron chi connectivity index (χ1n) is 7.88. The minimum Gasteiger partial charge on any atom is -0.330 e. The van der Waals surface area contributed by atoms with Crippen LogP contribution in [0, 0.1) is 30.1 Å². The number of nitrogens with one attached hydrogen (secondary N) is 1. The lowest BCUT2D eigenvalue weighted by molar-refractivity contribution is -0.121. The van der Waals surface area contributed by atoms with Crippen molar-refractivity contribution in [1.29, 1.82) is 5.26 Å². The number of amides is 1. The molecule has 1 saturated carbocycles. The average Bonchev–Trinajstić information content (AvgIpc) is 2.97. The summed E-state index contributed by atoms with van der Waals surface area (Å²) in [6, 6.07) is 3.83. The van der Waals surface area contributed by atoms with Crippen LogP contribution < -0.4 is 11.1 Å². The van der Waals surface area contributed by atoms with Crippen LogP contribution in [0.4, 0.5) is 5.82 Å². The van der Waals surface area contributed by atoms with Gasteiger partial charge >= 0.3 is 0 Å². The molecule has 0 aromatic carbocycles. The van der Waals surface area contributed by atoms with Crippen molar-refractivity contribution in [2.24, 2.45) is 17.6 Å². The molecule has 0 unspecified atom stereocenters. The summed E-state index contributed by atoms with van der Waals surface area (Å²) in [5.74, 6) is 1.10. The second kappa shape index (κ2) is 6.34. The van der Waals surface area contributed by atoms with E-state index in [-0.39, 0.29) is 11.8 Å². The van der Waals surface area contributed by atoms with Gasteiger partial charge in [-0.1, -0.05) is 0 Å². The van der Waals surface area contributed by atoms with Gasteiger partial charge in [-0.05, 0) is 45.1 Å². The Labute approximate surface area is 134 Å². The zero-order valence-electron chi connectivity index (χ0n) is 13.1. The Hall–Kier alpha value is -2.46. The number of nitrogens with zero attached hydrogens (tertiary/aromatic N) is 4. The maximum atomic E-state index is 12.5. The monoisotopic (exact) mass is 312 g/mol. The Kier molecular flexibility index (Phi) is 4.26. The third-order valence-electron chi connectivity index (χ3n) is 4.52. The van der Waals surface area contributed by atoms with Gasteiger partial charge in [0.05, 0.1) is 6.20 Å². The number of fused-ring (bicyclic) bond motifs is 1. The summed E-state index contributed by atoms with van der Waals surface area (Å²) in [6.45, 7) is 2.53. The van der Waals surface area contributed by atoms with Crippen molar-refractivity contribution in [2.45, 2.75) is 32.6 Å². The van der Waals surface area contributed by atoms with Gasteiger partial charge < -0.3 is 11.1 Å². The van der Waals surface area contributed by atoms with Gasteiger partial charge in [0.15, 0.2) is 5.65 Å². The van der Waals surface area contributed by atoms with Gasteiger partial charge in [0, 0.05) is 17.7 Å². The van der Waals surface area contributed by atoms with Crippen molar-refractivity contribution in [2.75, 3.05) is 11.9 Å². The fourth-order valence-corrected chi connectivity index (χ4v) is 3.14. The Balaban J connectivity index is 1.80. The molecule has 23 heavy (non-hydrogen) atoms. The van der Waals surface area contributed by atoms with Crippen LogP contribution in [0.25, 0.3) is 5.65 Å². The molecule has 1 aliphatic rings. The molecular weight excluding hydrogens is 292 g/mol. The van der Waals surface area contributed by atoms with Gasteiger partial charge in [-0.3, -0.25) is 4.79 Å². The number of anilines is 1. The molecule has 0 aliphatic heterocycles. The molecule has 7 nitrogen and oxygen atoms in total. The van der Waals surface area contributed by atoms with E-state index in [0.29, 0.717) is 29.5 Å². The van der Waals surface area contributed by atoms with Crippen LogP contribution >= 0.6 is 0 Å². The predicted octanol–water partition coefficient (Wildman–Crippen LogP) is 1.61. The molecule has 120 valence electrons. The highest BCUT2D eigenvalue weighted by atomic mass is 16.2. The molecular formula is C16H20N6O. The van der Waals surface area contributed by atoms with Gasteiger partial charge in [-0.25, -0.2) is 4.98 Å². The normalized spacial score (nSPS) is 21.1. The van der Waals surface area contributed by atoms with Crippen molar-refractivity contribution in [3.63, 3.8) is 0 Å². The lowest BCUT2D eigenvalue weighted by Gasteiger charge is -2.26. The SMILES string of the molecule is Cc1cc(NC(=O)[C@H]2CC[C@H](CN)CC2)n2ncc(C#N)c2n1. The van der Waals surface area contributed by atoms with Crippen molar-refractivity contribution in [3.05, 3.63) is 23.5 Å². The van der Waals surface area contributed by atoms with Crippen molar-refractivity contribution >= 4 is 17.4 Å². The van der Waals surface area contributed by atoms with E-state index in [0.717, 1.165) is 31.4 Å². The molecule has 0 spiro atoms. The highest BCUT2D eigenvalue weighted by Gasteiger charge is 2.26. The molecule has 1 aliphatic carbocycles. The summed E-state index contributed by atoms with van der Waals surface area (Å²) in [4.78, 5) is 16.8. The molecule has 0 atom stereocenters. The molecule has 2 aromatic heterocycles. The first-order chi connectivity index (χ1) is 11.1. The zero-order valence-corrected chi connectivity index (χ0v) is 13.1. The minimum atomic E-state index is 0.00128. The van der Waals surface area contributed by atoms with Gasteiger partial charge in [0.1, 0.15) is 17.5 Å². The van der Waals surface area contributed by atoms with Gasteiger partial charge in [-0.2, -0.15) is 14.9 Å². The number of hydrogen-bond acceptors (Lipinski definition) is 5. The fourth-order valence-electron chi connectivity index (χ4n) is 3.14. The van der Waals surface area contributed by atoms with Crippen molar-refractivity contribution < 1.29 is 4.79 Å². The molecule has 2 heterocycles. The highest BCUT2D eigenvalue weighted by Crippen LogP contribution is 2.29. The third-order valence-corrected chi connectivity index (χ3v) is 4.52. The molecule has 2 aromatic rings. The van der Waals surface area contributed by atoms with Crippen LogP contribution in [-0.4, -0.2) is 27.0 Å². The van der Waals surface area contributed by atoms with Crippen molar-refractivity contribution in [1.82, 2.24) is 14.6 Å². The molecule has 0 bridgehead atoms. The standard InChI is InChI=1S/C16H20N6O/c1-10-6-14(22-15(20-10)13(8-18)9-19-22)21-16(23)12-4-2-11(7-17)3-5-12/h6,9,11-12H,2-5,7,17H2,1H3,(H,21,23)/t11-,12-. The van der Waals surface area contributed by atoms with E-state index in [9.17, 15) is 4.79 Å². The lowest BCUT2D eigenvalue weighted by Crippen LogP contribution is -2.30. The third kappa shape index (κ3) is 3.03. The number of nitriles is 1. The van der Waals surface area contributed by atoms with E-state index in [1.807, 2.05) is 6.92 Å². The number of carbonyl (C=O) groups is 1. The van der Waals surface area contributed by atoms with Gasteiger partial charge in [0.25, 0.3) is 0 Å². The summed E-state index contributed by atoms with van der Waals surface area (Å²) in [6.07, 6.45) is 5.19. The fraction of sp³-hybridized carbons (Fsp3) is 0.500. The highest BCUT2D eigenvalue weighted by molar-refractivity contribution is 5.92. The summed E-state index contributed by atoms with van der Waals surface area (Å²) >= 11 is 0. The van der Waals surface area contributed by atoms with Crippen LogP contribution in [0.1, 0.15) is 36.9 Å². The summed E-state index contributed by atoms with van der Waals surface area (Å²) < 4.78 is 1.51. The van der Waals surface area contributed by atoms with E-state index in [1.165, 1.54) is 10.7 Å². The summed E-state index contributed by atoms with van der Waals surface area (Å²) in [7, 11) is 0. The molecule has 0 radical (unpaired) electrons. The minimum absolute atomic E-state index is 0.00128.